The Morgan fingerprint density at radius 2 is 1.84 bits per heavy atom. The largest absolute Gasteiger partial charge is 0.263 e. The van der Waals surface area contributed by atoms with Gasteiger partial charge in [0, 0.05) is 50.3 Å². The second-order valence-electron chi connectivity index (χ2n) is 5.58. The molecule has 0 saturated heterocycles. The Bertz CT molecular complexity index is 891. The zero-order valence-corrected chi connectivity index (χ0v) is 17.7. The Kier molecular flexibility index (Phi) is 6.10. The van der Waals surface area contributed by atoms with Gasteiger partial charge in [0.05, 0.1) is 5.69 Å². The SMILES string of the molecule is CCn1nc(C)c(Cc2cncc(Br)c2)c1Sc1cc(Cl)cc(Cl)c1. The normalized spacial score (nSPS) is 11.1. The predicted molar refractivity (Wildman–Crippen MR) is 108 cm³/mol. The number of hydrogen-bond donors (Lipinski definition) is 0. The number of halogens is 3. The Hall–Kier alpha value is -1.01. The van der Waals surface area contributed by atoms with Crippen molar-refractivity contribution < 1.29 is 0 Å². The highest BCUT2D eigenvalue weighted by atomic mass is 79.9. The summed E-state index contributed by atoms with van der Waals surface area (Å²) >= 11 is 17.4. The molecule has 3 rings (SSSR count). The number of hydrogen-bond acceptors (Lipinski definition) is 3. The molecule has 0 bridgehead atoms. The van der Waals surface area contributed by atoms with E-state index in [4.69, 9.17) is 23.2 Å². The Morgan fingerprint density at radius 1 is 1.12 bits per heavy atom. The van der Waals surface area contributed by atoms with E-state index in [2.05, 4.69) is 39.0 Å². The van der Waals surface area contributed by atoms with E-state index in [9.17, 15) is 0 Å². The topological polar surface area (TPSA) is 30.7 Å². The van der Waals surface area contributed by atoms with Crippen molar-refractivity contribution in [1.82, 2.24) is 14.8 Å². The van der Waals surface area contributed by atoms with E-state index in [1.807, 2.05) is 29.9 Å². The van der Waals surface area contributed by atoms with Crippen molar-refractivity contribution in [2.24, 2.45) is 0 Å². The van der Waals surface area contributed by atoms with Crippen LogP contribution in [0.1, 0.15) is 23.7 Å². The third-order valence-corrected chi connectivity index (χ3v) is 5.68. The van der Waals surface area contributed by atoms with E-state index >= 15 is 0 Å². The van der Waals surface area contributed by atoms with Gasteiger partial charge in [-0.05, 0) is 59.6 Å². The summed E-state index contributed by atoms with van der Waals surface area (Å²) in [6.45, 7) is 4.93. The molecule has 7 heteroatoms. The highest BCUT2D eigenvalue weighted by molar-refractivity contribution is 9.10. The van der Waals surface area contributed by atoms with Gasteiger partial charge in [0.25, 0.3) is 0 Å². The molecule has 2 heterocycles. The lowest BCUT2D eigenvalue weighted by Crippen LogP contribution is -1.99. The summed E-state index contributed by atoms with van der Waals surface area (Å²) < 4.78 is 3.00. The van der Waals surface area contributed by atoms with E-state index in [1.54, 1.807) is 24.0 Å². The molecule has 1 aromatic carbocycles. The molecule has 0 spiro atoms. The zero-order chi connectivity index (χ0) is 18.0. The van der Waals surface area contributed by atoms with Crippen LogP contribution in [0.3, 0.4) is 0 Å². The fourth-order valence-corrected chi connectivity index (χ4v) is 4.87. The maximum absolute atomic E-state index is 6.15. The number of aryl methyl sites for hydroxylation is 2. The molecule has 2 aromatic heterocycles. The van der Waals surface area contributed by atoms with Crippen molar-refractivity contribution in [2.75, 3.05) is 0 Å². The first kappa shape index (κ1) is 18.8. The average molecular weight is 457 g/mol. The molecule has 0 amide bonds. The molecule has 0 atom stereocenters. The van der Waals surface area contributed by atoms with Crippen LogP contribution in [0, 0.1) is 6.92 Å². The van der Waals surface area contributed by atoms with Gasteiger partial charge >= 0.3 is 0 Å². The van der Waals surface area contributed by atoms with Gasteiger partial charge in [0.15, 0.2) is 0 Å². The number of aromatic nitrogens is 3. The molecule has 3 nitrogen and oxygen atoms in total. The molecule has 0 saturated carbocycles. The quantitative estimate of drug-likeness (QED) is 0.443. The van der Waals surface area contributed by atoms with Crippen molar-refractivity contribution in [3.05, 3.63) is 68.0 Å². The van der Waals surface area contributed by atoms with Crippen molar-refractivity contribution in [1.29, 1.82) is 0 Å². The number of benzene rings is 1. The summed E-state index contributed by atoms with van der Waals surface area (Å²) in [6, 6.07) is 7.67. The Labute approximate surface area is 169 Å². The van der Waals surface area contributed by atoms with Crippen LogP contribution in [-0.2, 0) is 13.0 Å². The molecule has 0 fully saturated rings. The van der Waals surface area contributed by atoms with E-state index in [0.717, 1.165) is 38.6 Å². The lowest BCUT2D eigenvalue weighted by atomic mass is 10.1. The molecule has 0 aliphatic carbocycles. The van der Waals surface area contributed by atoms with Crippen LogP contribution >= 0.6 is 50.9 Å². The van der Waals surface area contributed by atoms with E-state index < -0.39 is 0 Å². The standard InChI is InChI=1S/C18H16BrCl2N3S/c1-3-24-18(25-16-7-14(20)6-15(21)8-16)17(11(2)23-24)5-12-4-13(19)10-22-9-12/h4,6-10H,3,5H2,1-2H3. The predicted octanol–water partition coefficient (Wildman–Crippen LogP) is 6.42. The average Bonchev–Trinajstić information content (AvgIpc) is 2.82. The van der Waals surface area contributed by atoms with Gasteiger partial charge in [-0.15, -0.1) is 0 Å². The Balaban J connectivity index is 1.99. The molecular weight excluding hydrogens is 441 g/mol. The maximum atomic E-state index is 6.15. The van der Waals surface area contributed by atoms with E-state index in [-0.39, 0.29) is 0 Å². The molecule has 0 unspecified atom stereocenters. The number of rotatable bonds is 5. The summed E-state index contributed by atoms with van der Waals surface area (Å²) in [5.74, 6) is 0. The van der Waals surface area contributed by atoms with Crippen LogP contribution in [0.2, 0.25) is 10.0 Å². The molecule has 0 radical (unpaired) electrons. The first-order valence-electron chi connectivity index (χ1n) is 7.76. The fraction of sp³-hybridized carbons (Fsp3) is 0.222. The first-order chi connectivity index (χ1) is 12.0. The maximum Gasteiger partial charge on any atom is 0.103 e. The molecule has 0 aliphatic heterocycles. The molecule has 0 N–H and O–H groups in total. The van der Waals surface area contributed by atoms with Gasteiger partial charge in [-0.3, -0.25) is 9.67 Å². The van der Waals surface area contributed by atoms with Crippen LogP contribution in [0.5, 0.6) is 0 Å². The highest BCUT2D eigenvalue weighted by Crippen LogP contribution is 2.36. The molecule has 3 aromatic rings. The van der Waals surface area contributed by atoms with Crippen molar-refractivity contribution >= 4 is 50.9 Å². The van der Waals surface area contributed by atoms with Gasteiger partial charge in [0.2, 0.25) is 0 Å². The minimum absolute atomic E-state index is 0.632. The van der Waals surface area contributed by atoms with E-state index in [0.29, 0.717) is 10.0 Å². The van der Waals surface area contributed by atoms with Gasteiger partial charge in [-0.1, -0.05) is 35.0 Å². The number of pyridine rings is 1. The van der Waals surface area contributed by atoms with Crippen molar-refractivity contribution in [2.45, 2.75) is 36.7 Å². The summed E-state index contributed by atoms with van der Waals surface area (Å²) in [4.78, 5) is 5.26. The third kappa shape index (κ3) is 4.59. The van der Waals surface area contributed by atoms with Gasteiger partial charge in [-0.25, -0.2) is 0 Å². The summed E-state index contributed by atoms with van der Waals surface area (Å²) in [5.41, 5.74) is 3.36. The Morgan fingerprint density at radius 3 is 2.48 bits per heavy atom. The second kappa shape index (κ2) is 8.12. The first-order valence-corrected chi connectivity index (χ1v) is 10.1. The molecule has 130 valence electrons. The van der Waals surface area contributed by atoms with E-state index in [1.165, 1.54) is 5.56 Å². The monoisotopic (exact) mass is 455 g/mol. The van der Waals surface area contributed by atoms with Gasteiger partial charge in [-0.2, -0.15) is 5.10 Å². The second-order valence-corrected chi connectivity index (χ2v) is 8.43. The summed E-state index contributed by atoms with van der Waals surface area (Å²) in [7, 11) is 0. The van der Waals surface area contributed by atoms with Crippen molar-refractivity contribution in [3.63, 3.8) is 0 Å². The van der Waals surface area contributed by atoms with Crippen LogP contribution in [0.15, 0.2) is 51.1 Å². The summed E-state index contributed by atoms with van der Waals surface area (Å²) in [6.07, 6.45) is 4.45. The number of nitrogens with zero attached hydrogens (tertiary/aromatic N) is 3. The lowest BCUT2D eigenvalue weighted by Gasteiger charge is -2.09. The van der Waals surface area contributed by atoms with Gasteiger partial charge < -0.3 is 0 Å². The van der Waals surface area contributed by atoms with Crippen LogP contribution in [-0.4, -0.2) is 14.8 Å². The van der Waals surface area contributed by atoms with Crippen molar-refractivity contribution in [3.8, 4) is 0 Å². The van der Waals surface area contributed by atoms with Crippen LogP contribution in [0.25, 0.3) is 0 Å². The fourth-order valence-electron chi connectivity index (χ4n) is 2.59. The molecule has 25 heavy (non-hydrogen) atoms. The lowest BCUT2D eigenvalue weighted by molar-refractivity contribution is 0.599. The zero-order valence-electron chi connectivity index (χ0n) is 13.8. The summed E-state index contributed by atoms with van der Waals surface area (Å²) in [5, 5.41) is 7.06. The molecular formula is C18H16BrCl2N3S. The smallest absolute Gasteiger partial charge is 0.103 e. The minimum Gasteiger partial charge on any atom is -0.263 e. The van der Waals surface area contributed by atoms with Crippen LogP contribution in [0.4, 0.5) is 0 Å². The minimum atomic E-state index is 0.632. The third-order valence-electron chi connectivity index (χ3n) is 3.69. The highest BCUT2D eigenvalue weighted by Gasteiger charge is 2.17. The van der Waals surface area contributed by atoms with Crippen LogP contribution < -0.4 is 0 Å². The molecule has 0 aliphatic rings. The van der Waals surface area contributed by atoms with Gasteiger partial charge in [0.1, 0.15) is 5.03 Å².